The molecule has 0 radical (unpaired) electrons. The lowest BCUT2D eigenvalue weighted by Gasteiger charge is -2.31. The van der Waals surface area contributed by atoms with Gasteiger partial charge in [-0.3, -0.25) is 4.79 Å². The zero-order chi connectivity index (χ0) is 15.2. The van der Waals surface area contributed by atoms with E-state index in [4.69, 9.17) is 5.26 Å². The topological polar surface area (TPSA) is 79.6 Å². The van der Waals surface area contributed by atoms with Crippen LogP contribution in [0.3, 0.4) is 0 Å². The zero-order valence-electron chi connectivity index (χ0n) is 11.9. The summed E-state index contributed by atoms with van der Waals surface area (Å²) in [4.78, 5) is 16.2. The van der Waals surface area contributed by atoms with E-state index in [0.717, 1.165) is 26.2 Å². The lowest BCUT2D eigenvalue weighted by atomic mass is 10.2. The van der Waals surface area contributed by atoms with Crippen LogP contribution in [0.25, 0.3) is 0 Å². The van der Waals surface area contributed by atoms with E-state index in [0.29, 0.717) is 5.69 Å². The minimum atomic E-state index is -0.470. The standard InChI is InChI=1S/C15H18N4O2/c1-18-5-7-19(8-6-18)11-12(10-16)15(21)17-13-3-2-4-14(20)9-13/h2-4,9,11,20H,5-8H2,1H3,(H,17,21)/b12-11-. The van der Waals surface area contributed by atoms with Crippen LogP contribution in [-0.2, 0) is 4.79 Å². The average molecular weight is 286 g/mol. The van der Waals surface area contributed by atoms with Gasteiger partial charge in [-0.05, 0) is 19.2 Å². The highest BCUT2D eigenvalue weighted by Gasteiger charge is 2.15. The van der Waals surface area contributed by atoms with Gasteiger partial charge < -0.3 is 20.2 Å². The highest BCUT2D eigenvalue weighted by molar-refractivity contribution is 6.06. The Morgan fingerprint density at radius 1 is 1.38 bits per heavy atom. The van der Waals surface area contributed by atoms with Gasteiger partial charge in [0, 0.05) is 44.1 Å². The molecule has 1 aliphatic rings. The van der Waals surface area contributed by atoms with E-state index in [1.54, 1.807) is 18.3 Å². The molecule has 1 heterocycles. The Balaban J connectivity index is 2.03. The molecule has 0 saturated carbocycles. The predicted molar refractivity (Wildman–Crippen MR) is 79.5 cm³/mol. The maximum Gasteiger partial charge on any atom is 0.267 e. The van der Waals surface area contributed by atoms with E-state index in [1.165, 1.54) is 12.1 Å². The molecule has 2 rings (SSSR count). The summed E-state index contributed by atoms with van der Waals surface area (Å²) in [6.07, 6.45) is 1.60. The van der Waals surface area contributed by atoms with Gasteiger partial charge in [-0.2, -0.15) is 5.26 Å². The van der Waals surface area contributed by atoms with E-state index in [1.807, 2.05) is 18.0 Å². The number of phenols is 1. The van der Waals surface area contributed by atoms with Crippen LogP contribution in [0, 0.1) is 11.3 Å². The van der Waals surface area contributed by atoms with Crippen molar-refractivity contribution in [3.05, 3.63) is 36.0 Å². The Kier molecular flexibility index (Phi) is 4.80. The smallest absolute Gasteiger partial charge is 0.267 e. The molecule has 2 N–H and O–H groups in total. The summed E-state index contributed by atoms with van der Waals surface area (Å²) in [5.41, 5.74) is 0.516. The number of nitriles is 1. The van der Waals surface area contributed by atoms with Gasteiger partial charge in [0.2, 0.25) is 0 Å². The number of likely N-dealkylation sites (N-methyl/N-ethyl adjacent to an activating group) is 1. The quantitative estimate of drug-likeness (QED) is 0.640. The second-order valence-corrected chi connectivity index (χ2v) is 5.00. The number of aromatic hydroxyl groups is 1. The Morgan fingerprint density at radius 2 is 2.10 bits per heavy atom. The highest BCUT2D eigenvalue weighted by Crippen LogP contribution is 2.16. The molecule has 6 nitrogen and oxygen atoms in total. The molecular formula is C15H18N4O2. The molecule has 0 spiro atoms. The lowest BCUT2D eigenvalue weighted by Crippen LogP contribution is -2.42. The van der Waals surface area contributed by atoms with Crippen LogP contribution < -0.4 is 5.32 Å². The third-order valence-electron chi connectivity index (χ3n) is 3.32. The summed E-state index contributed by atoms with van der Waals surface area (Å²) in [5.74, 6) is -0.406. The molecule has 0 unspecified atom stereocenters. The van der Waals surface area contributed by atoms with Crippen LogP contribution in [0.5, 0.6) is 5.75 Å². The highest BCUT2D eigenvalue weighted by atomic mass is 16.3. The van der Waals surface area contributed by atoms with Gasteiger partial charge in [-0.15, -0.1) is 0 Å². The fraction of sp³-hybridized carbons (Fsp3) is 0.333. The van der Waals surface area contributed by atoms with Gasteiger partial charge in [0.1, 0.15) is 17.4 Å². The predicted octanol–water partition coefficient (Wildman–Crippen LogP) is 0.986. The van der Waals surface area contributed by atoms with Crippen molar-refractivity contribution in [3.8, 4) is 11.8 Å². The van der Waals surface area contributed by atoms with Gasteiger partial charge in [0.25, 0.3) is 5.91 Å². The molecule has 1 saturated heterocycles. The third kappa shape index (κ3) is 4.23. The van der Waals surface area contributed by atoms with Crippen molar-refractivity contribution in [1.82, 2.24) is 9.80 Å². The maximum atomic E-state index is 12.1. The second-order valence-electron chi connectivity index (χ2n) is 5.00. The van der Waals surface area contributed by atoms with Gasteiger partial charge >= 0.3 is 0 Å². The number of carbonyl (C=O) groups is 1. The normalized spacial score (nSPS) is 16.4. The van der Waals surface area contributed by atoms with Crippen LogP contribution >= 0.6 is 0 Å². The maximum absolute atomic E-state index is 12.1. The number of hydrogen-bond acceptors (Lipinski definition) is 5. The summed E-state index contributed by atoms with van der Waals surface area (Å²) >= 11 is 0. The molecule has 1 amide bonds. The molecule has 0 bridgehead atoms. The zero-order valence-corrected chi connectivity index (χ0v) is 11.9. The number of anilines is 1. The monoisotopic (exact) mass is 286 g/mol. The van der Waals surface area contributed by atoms with Gasteiger partial charge in [0.05, 0.1) is 0 Å². The van der Waals surface area contributed by atoms with Crippen molar-refractivity contribution in [2.24, 2.45) is 0 Å². The number of phenolic OH excluding ortho intramolecular Hbond substituents is 1. The number of rotatable bonds is 3. The molecule has 1 aromatic carbocycles. The SMILES string of the molecule is CN1CCN(/C=C(/C#N)C(=O)Nc2cccc(O)c2)CC1. The number of amides is 1. The second kappa shape index (κ2) is 6.77. The molecule has 0 aliphatic carbocycles. The average Bonchev–Trinajstić information content (AvgIpc) is 2.46. The summed E-state index contributed by atoms with van der Waals surface area (Å²) in [6.45, 7) is 3.40. The molecular weight excluding hydrogens is 268 g/mol. The minimum absolute atomic E-state index is 0.0582. The fourth-order valence-corrected chi connectivity index (χ4v) is 2.05. The van der Waals surface area contributed by atoms with Gasteiger partial charge in [-0.1, -0.05) is 6.07 Å². The molecule has 1 aliphatic heterocycles. The van der Waals surface area contributed by atoms with Gasteiger partial charge in [-0.25, -0.2) is 0 Å². The van der Waals surface area contributed by atoms with Crippen LogP contribution in [0.15, 0.2) is 36.0 Å². The lowest BCUT2D eigenvalue weighted by molar-refractivity contribution is -0.112. The molecule has 6 heteroatoms. The van der Waals surface area contributed by atoms with E-state index in [9.17, 15) is 9.90 Å². The molecule has 0 atom stereocenters. The third-order valence-corrected chi connectivity index (χ3v) is 3.32. The van der Waals surface area contributed by atoms with E-state index < -0.39 is 5.91 Å². The first-order chi connectivity index (χ1) is 10.1. The van der Waals surface area contributed by atoms with Gasteiger partial charge in [0.15, 0.2) is 0 Å². The molecule has 110 valence electrons. The molecule has 1 aromatic rings. The number of nitrogens with one attached hydrogen (secondary N) is 1. The first kappa shape index (κ1) is 14.9. The molecule has 1 fully saturated rings. The number of piperazine rings is 1. The van der Waals surface area contributed by atoms with Crippen LogP contribution in [-0.4, -0.2) is 54.0 Å². The summed E-state index contributed by atoms with van der Waals surface area (Å²) in [5, 5.41) is 21.1. The number of benzene rings is 1. The Morgan fingerprint density at radius 3 is 2.71 bits per heavy atom. The summed E-state index contributed by atoms with van der Waals surface area (Å²) in [7, 11) is 2.04. The van der Waals surface area contributed by atoms with Crippen molar-refractivity contribution in [2.45, 2.75) is 0 Å². The minimum Gasteiger partial charge on any atom is -0.508 e. The number of hydrogen-bond donors (Lipinski definition) is 2. The van der Waals surface area contributed by atoms with E-state index >= 15 is 0 Å². The van der Waals surface area contributed by atoms with Crippen LogP contribution in [0.1, 0.15) is 0 Å². The van der Waals surface area contributed by atoms with Crippen LogP contribution in [0.2, 0.25) is 0 Å². The Bertz CT molecular complexity index is 584. The van der Waals surface area contributed by atoms with Crippen molar-refractivity contribution < 1.29 is 9.90 Å². The Labute approximate surface area is 123 Å². The van der Waals surface area contributed by atoms with Crippen molar-refractivity contribution >= 4 is 11.6 Å². The van der Waals surface area contributed by atoms with E-state index in [-0.39, 0.29) is 11.3 Å². The first-order valence-corrected chi connectivity index (χ1v) is 6.73. The first-order valence-electron chi connectivity index (χ1n) is 6.73. The molecule has 0 aromatic heterocycles. The van der Waals surface area contributed by atoms with Crippen LogP contribution in [0.4, 0.5) is 5.69 Å². The largest absolute Gasteiger partial charge is 0.508 e. The molecule has 21 heavy (non-hydrogen) atoms. The number of carbonyl (C=O) groups excluding carboxylic acids is 1. The summed E-state index contributed by atoms with van der Waals surface area (Å²) in [6, 6.07) is 8.16. The van der Waals surface area contributed by atoms with Crippen molar-refractivity contribution in [3.63, 3.8) is 0 Å². The number of nitrogens with zero attached hydrogens (tertiary/aromatic N) is 3. The van der Waals surface area contributed by atoms with Crippen molar-refractivity contribution in [1.29, 1.82) is 5.26 Å². The summed E-state index contributed by atoms with van der Waals surface area (Å²) < 4.78 is 0. The van der Waals surface area contributed by atoms with Crippen molar-refractivity contribution in [2.75, 3.05) is 38.5 Å². The Hall–Kier alpha value is -2.52. The fourth-order valence-electron chi connectivity index (χ4n) is 2.05. The van der Waals surface area contributed by atoms with E-state index in [2.05, 4.69) is 10.2 Å².